The van der Waals surface area contributed by atoms with Gasteiger partial charge >= 0.3 is 11.9 Å². The molecule has 0 aromatic rings. The molecule has 8 nitrogen and oxygen atoms in total. The summed E-state index contributed by atoms with van der Waals surface area (Å²) in [6.07, 6.45) is 1.21. The summed E-state index contributed by atoms with van der Waals surface area (Å²) in [6, 6.07) is -1.40. The second-order valence-electron chi connectivity index (χ2n) is 9.11. The van der Waals surface area contributed by atoms with Crippen LogP contribution in [0.3, 0.4) is 0 Å². The third-order valence-electron chi connectivity index (χ3n) is 4.31. The van der Waals surface area contributed by atoms with Gasteiger partial charge in [0, 0.05) is 13.0 Å². The zero-order chi connectivity index (χ0) is 20.6. The van der Waals surface area contributed by atoms with Crippen molar-refractivity contribution in [2.45, 2.75) is 84.1 Å². The van der Waals surface area contributed by atoms with Crippen molar-refractivity contribution < 1.29 is 28.7 Å². The first-order valence-electron chi connectivity index (χ1n) is 9.35. The van der Waals surface area contributed by atoms with Gasteiger partial charge in [-0.05, 0) is 54.4 Å². The number of nitrogens with zero attached hydrogens (tertiary/aromatic N) is 1. The molecular weight excluding hydrogens is 352 g/mol. The number of amides is 2. The van der Waals surface area contributed by atoms with Crippen molar-refractivity contribution in [3.8, 4) is 0 Å². The summed E-state index contributed by atoms with van der Waals surface area (Å²) < 4.78 is 10.7. The van der Waals surface area contributed by atoms with Crippen LogP contribution in [0.4, 0.5) is 0 Å². The quantitative estimate of drug-likeness (QED) is 0.578. The topological polar surface area (TPSA) is 102 Å². The highest BCUT2D eigenvalue weighted by Crippen LogP contribution is 2.26. The number of ether oxygens (including phenoxy) is 2. The summed E-state index contributed by atoms with van der Waals surface area (Å²) in [7, 11) is 0. The monoisotopic (exact) mass is 382 g/mol. The minimum absolute atomic E-state index is 0.183. The Kier molecular flexibility index (Phi) is 5.87. The highest BCUT2D eigenvalue weighted by atomic mass is 16.6. The third-order valence-corrected chi connectivity index (χ3v) is 4.31. The smallest absolute Gasteiger partial charge is 0.320 e. The Morgan fingerprint density at radius 1 is 1.07 bits per heavy atom. The van der Waals surface area contributed by atoms with E-state index in [0.29, 0.717) is 13.0 Å². The van der Waals surface area contributed by atoms with Crippen molar-refractivity contribution in [1.82, 2.24) is 10.2 Å². The van der Waals surface area contributed by atoms with Gasteiger partial charge in [0.1, 0.15) is 23.3 Å². The van der Waals surface area contributed by atoms with Gasteiger partial charge in [-0.2, -0.15) is 0 Å². The second-order valence-corrected chi connectivity index (χ2v) is 9.11. The van der Waals surface area contributed by atoms with Gasteiger partial charge in [0.2, 0.25) is 11.8 Å². The van der Waals surface area contributed by atoms with E-state index in [1.807, 2.05) is 0 Å². The molecule has 0 aliphatic carbocycles. The first-order chi connectivity index (χ1) is 12.3. The van der Waals surface area contributed by atoms with E-state index < -0.39 is 41.1 Å². The molecule has 2 unspecified atom stereocenters. The zero-order valence-electron chi connectivity index (χ0n) is 17.0. The predicted octanol–water partition coefficient (Wildman–Crippen LogP) is 1.17. The molecule has 0 bridgehead atoms. The summed E-state index contributed by atoms with van der Waals surface area (Å²) in [5.74, 6) is -3.33. The number of esters is 2. The van der Waals surface area contributed by atoms with Crippen molar-refractivity contribution in [3.63, 3.8) is 0 Å². The van der Waals surface area contributed by atoms with E-state index in [-0.39, 0.29) is 18.2 Å². The van der Waals surface area contributed by atoms with E-state index in [1.54, 1.807) is 41.5 Å². The van der Waals surface area contributed by atoms with E-state index >= 15 is 0 Å². The van der Waals surface area contributed by atoms with E-state index in [2.05, 4.69) is 5.32 Å². The van der Waals surface area contributed by atoms with Gasteiger partial charge in [-0.25, -0.2) is 0 Å². The van der Waals surface area contributed by atoms with Crippen LogP contribution in [0.2, 0.25) is 0 Å². The number of rotatable bonds is 4. The highest BCUT2D eigenvalue weighted by molar-refractivity contribution is 6.00. The Hall–Kier alpha value is -2.12. The lowest BCUT2D eigenvalue weighted by Crippen LogP contribution is -2.62. The fourth-order valence-corrected chi connectivity index (χ4v) is 3.26. The molecule has 2 rings (SSSR count). The first kappa shape index (κ1) is 21.2. The molecule has 152 valence electrons. The lowest BCUT2D eigenvalue weighted by atomic mass is 9.95. The van der Waals surface area contributed by atoms with E-state index in [0.717, 1.165) is 6.42 Å². The standard InChI is InChI=1S/C19H30N2O6/c1-18(2,3)26-16(24)11(17(25)27-19(4,5)6)10-12-15(23)21-9-7-8-13(21)14(22)20-12/h11-13H,7-10H2,1-6H3,(H,20,22). The Morgan fingerprint density at radius 2 is 1.59 bits per heavy atom. The van der Waals surface area contributed by atoms with Crippen LogP contribution in [0.1, 0.15) is 60.8 Å². The van der Waals surface area contributed by atoms with Crippen LogP contribution in [0.25, 0.3) is 0 Å². The Morgan fingerprint density at radius 3 is 2.07 bits per heavy atom. The van der Waals surface area contributed by atoms with Gasteiger partial charge in [0.15, 0.2) is 5.92 Å². The Bertz CT molecular complexity index is 603. The first-order valence-corrected chi connectivity index (χ1v) is 9.35. The molecule has 0 aromatic heterocycles. The van der Waals surface area contributed by atoms with Crippen LogP contribution < -0.4 is 5.32 Å². The normalized spacial score (nSPS) is 23.1. The SMILES string of the molecule is CC(C)(C)OC(=O)C(CC1NC(=O)C2CCCN2C1=O)C(=O)OC(C)(C)C. The van der Waals surface area contributed by atoms with E-state index in [4.69, 9.17) is 9.47 Å². The van der Waals surface area contributed by atoms with Gasteiger partial charge < -0.3 is 19.7 Å². The van der Waals surface area contributed by atoms with E-state index in [1.165, 1.54) is 4.90 Å². The lowest BCUT2D eigenvalue weighted by molar-refractivity contribution is -0.175. The molecule has 8 heteroatoms. The molecule has 0 aromatic carbocycles. The molecule has 0 saturated carbocycles. The molecule has 2 aliphatic rings. The highest BCUT2D eigenvalue weighted by Gasteiger charge is 2.46. The molecule has 2 atom stereocenters. The van der Waals surface area contributed by atoms with Crippen molar-refractivity contribution in [3.05, 3.63) is 0 Å². The zero-order valence-corrected chi connectivity index (χ0v) is 17.0. The fourth-order valence-electron chi connectivity index (χ4n) is 3.26. The summed E-state index contributed by atoms with van der Waals surface area (Å²) in [5.41, 5.74) is -1.59. The van der Waals surface area contributed by atoms with Crippen LogP contribution in [-0.2, 0) is 28.7 Å². The lowest BCUT2D eigenvalue weighted by Gasteiger charge is -2.36. The van der Waals surface area contributed by atoms with Gasteiger partial charge in [0.25, 0.3) is 0 Å². The molecule has 2 saturated heterocycles. The number of hydrogen-bond acceptors (Lipinski definition) is 6. The molecule has 2 fully saturated rings. The van der Waals surface area contributed by atoms with Crippen molar-refractivity contribution >= 4 is 23.8 Å². The molecular formula is C19H30N2O6. The number of carbonyl (C=O) groups is 4. The Balaban J connectivity index is 2.20. The maximum atomic E-state index is 12.7. The van der Waals surface area contributed by atoms with Crippen LogP contribution >= 0.6 is 0 Å². The number of hydrogen-bond donors (Lipinski definition) is 1. The second kappa shape index (κ2) is 7.48. The Labute approximate surface area is 159 Å². The van der Waals surface area contributed by atoms with E-state index in [9.17, 15) is 19.2 Å². The molecule has 2 amide bonds. The number of fused-ring (bicyclic) bond motifs is 1. The molecule has 2 aliphatic heterocycles. The number of piperazine rings is 1. The largest absolute Gasteiger partial charge is 0.459 e. The maximum Gasteiger partial charge on any atom is 0.320 e. The molecule has 1 N–H and O–H groups in total. The van der Waals surface area contributed by atoms with Gasteiger partial charge in [-0.15, -0.1) is 0 Å². The summed E-state index contributed by atoms with van der Waals surface area (Å²) in [4.78, 5) is 51.7. The summed E-state index contributed by atoms with van der Waals surface area (Å²) in [5, 5.41) is 2.66. The molecule has 27 heavy (non-hydrogen) atoms. The van der Waals surface area contributed by atoms with Crippen LogP contribution in [-0.4, -0.2) is 58.5 Å². The maximum absolute atomic E-state index is 12.7. The summed E-state index contributed by atoms with van der Waals surface area (Å²) >= 11 is 0. The fraction of sp³-hybridized carbons (Fsp3) is 0.789. The molecule has 0 spiro atoms. The number of nitrogens with one attached hydrogen (secondary N) is 1. The predicted molar refractivity (Wildman–Crippen MR) is 96.5 cm³/mol. The van der Waals surface area contributed by atoms with Crippen molar-refractivity contribution in [2.24, 2.45) is 5.92 Å². The average Bonchev–Trinajstić information content (AvgIpc) is 2.95. The van der Waals surface area contributed by atoms with Crippen molar-refractivity contribution in [2.75, 3.05) is 6.54 Å². The van der Waals surface area contributed by atoms with Crippen LogP contribution in [0.5, 0.6) is 0 Å². The molecule has 0 radical (unpaired) electrons. The van der Waals surface area contributed by atoms with Gasteiger partial charge in [-0.3, -0.25) is 19.2 Å². The third kappa shape index (κ3) is 5.43. The van der Waals surface area contributed by atoms with Crippen LogP contribution in [0.15, 0.2) is 0 Å². The van der Waals surface area contributed by atoms with Crippen LogP contribution in [0, 0.1) is 5.92 Å². The average molecular weight is 382 g/mol. The van der Waals surface area contributed by atoms with Crippen molar-refractivity contribution in [1.29, 1.82) is 0 Å². The summed E-state index contributed by atoms with van der Waals surface area (Å²) in [6.45, 7) is 10.7. The van der Waals surface area contributed by atoms with Gasteiger partial charge in [0.05, 0.1) is 0 Å². The minimum Gasteiger partial charge on any atom is -0.459 e. The van der Waals surface area contributed by atoms with Gasteiger partial charge in [-0.1, -0.05) is 0 Å². The minimum atomic E-state index is -1.29. The molecule has 2 heterocycles. The number of carbonyl (C=O) groups excluding carboxylic acids is 4.